The van der Waals surface area contributed by atoms with Gasteiger partial charge in [0, 0.05) is 0 Å². The number of hydrogen-bond donors (Lipinski definition) is 1. The summed E-state index contributed by atoms with van der Waals surface area (Å²) in [6.07, 6.45) is 8.05. The molecular weight excluding hydrogens is 372 g/mol. The Labute approximate surface area is 147 Å². The molecule has 2 bridgehead atoms. The molecule has 3 aliphatic carbocycles. The van der Waals surface area contributed by atoms with Crippen LogP contribution < -0.4 is 0 Å². The maximum Gasteiger partial charge on any atom is 0.254 e. The number of aromatic hydroxyl groups is 1. The molecule has 1 spiro atoms. The Morgan fingerprint density at radius 1 is 1.17 bits per heavy atom. The number of imide groups is 1. The summed E-state index contributed by atoms with van der Waals surface area (Å²) in [5, 5.41) is 14.7. The number of fused-ring (bicyclic) bond motifs is 3. The van der Waals surface area contributed by atoms with Crippen molar-refractivity contribution < 1.29 is 14.7 Å². The van der Waals surface area contributed by atoms with E-state index in [9.17, 15) is 14.7 Å². The molecule has 4 aliphatic rings. The fourth-order valence-corrected chi connectivity index (χ4v) is 5.30. The second kappa shape index (κ2) is 4.57. The summed E-state index contributed by atoms with van der Waals surface area (Å²) in [5.74, 6) is -0.215. The number of carbonyl (C=O) groups excluding carboxylic acids is 2. The molecule has 122 valence electrons. The molecule has 0 unspecified atom stereocenters. The lowest BCUT2D eigenvalue weighted by Crippen LogP contribution is -2.30. The smallest absolute Gasteiger partial charge is 0.254 e. The monoisotopic (exact) mass is 386 g/mol. The molecule has 1 N–H and O–H groups in total. The molecule has 1 aliphatic heterocycles. The van der Waals surface area contributed by atoms with Crippen LogP contribution in [0.4, 0.5) is 0 Å². The molecule has 3 fully saturated rings. The van der Waals surface area contributed by atoms with Crippen molar-refractivity contribution in [3.05, 3.63) is 40.4 Å². The topological polar surface area (TPSA) is 70.0 Å². The zero-order chi connectivity index (χ0) is 16.6. The Kier molecular flexibility index (Phi) is 2.74. The minimum atomic E-state index is -0.223. The van der Waals surface area contributed by atoms with Crippen LogP contribution in [0.15, 0.2) is 39.9 Å². The van der Waals surface area contributed by atoms with Gasteiger partial charge in [-0.05, 0) is 69.8 Å². The minimum Gasteiger partial charge on any atom is -0.507 e. The molecule has 2 saturated carbocycles. The zero-order valence-corrected chi connectivity index (χ0v) is 14.3. The van der Waals surface area contributed by atoms with E-state index < -0.39 is 0 Å². The summed E-state index contributed by atoms with van der Waals surface area (Å²) >= 11 is 3.24. The van der Waals surface area contributed by atoms with Crippen LogP contribution in [-0.4, -0.2) is 28.1 Å². The average molecular weight is 387 g/mol. The van der Waals surface area contributed by atoms with Gasteiger partial charge in [0.25, 0.3) is 11.8 Å². The van der Waals surface area contributed by atoms with E-state index in [1.807, 2.05) is 0 Å². The van der Waals surface area contributed by atoms with Gasteiger partial charge in [-0.25, -0.2) is 0 Å². The number of benzene rings is 1. The summed E-state index contributed by atoms with van der Waals surface area (Å²) in [5.41, 5.74) is 0.912. The second-order valence-corrected chi connectivity index (χ2v) is 8.02. The van der Waals surface area contributed by atoms with E-state index in [0.29, 0.717) is 10.0 Å². The zero-order valence-electron chi connectivity index (χ0n) is 12.7. The normalized spacial score (nSPS) is 34.8. The van der Waals surface area contributed by atoms with Gasteiger partial charge in [-0.3, -0.25) is 9.59 Å². The van der Waals surface area contributed by atoms with Crippen molar-refractivity contribution in [1.29, 1.82) is 0 Å². The number of phenols is 1. The molecule has 1 aromatic carbocycles. The number of amides is 2. The highest BCUT2D eigenvalue weighted by Crippen LogP contribution is 2.73. The van der Waals surface area contributed by atoms with E-state index >= 15 is 0 Å². The lowest BCUT2D eigenvalue weighted by molar-refractivity contribution is -0.141. The summed E-state index contributed by atoms with van der Waals surface area (Å²) < 4.78 is 0.542. The van der Waals surface area contributed by atoms with Gasteiger partial charge in [0.2, 0.25) is 0 Å². The second-order valence-electron chi connectivity index (χ2n) is 7.16. The van der Waals surface area contributed by atoms with Crippen molar-refractivity contribution in [1.82, 2.24) is 5.01 Å². The van der Waals surface area contributed by atoms with Crippen molar-refractivity contribution >= 4 is 34.0 Å². The first-order valence-corrected chi connectivity index (χ1v) is 8.91. The van der Waals surface area contributed by atoms with Crippen LogP contribution in [0.3, 0.4) is 0 Å². The number of nitrogens with zero attached hydrogens (tertiary/aromatic N) is 2. The number of hydrogen-bond acceptors (Lipinski definition) is 4. The summed E-state index contributed by atoms with van der Waals surface area (Å²) in [4.78, 5) is 25.5. The molecule has 1 heterocycles. The molecule has 6 heteroatoms. The van der Waals surface area contributed by atoms with Gasteiger partial charge in [-0.1, -0.05) is 12.2 Å². The number of halogens is 1. The molecule has 0 radical (unpaired) electrons. The quantitative estimate of drug-likeness (QED) is 0.482. The summed E-state index contributed by atoms with van der Waals surface area (Å²) in [6, 6.07) is 4.91. The Morgan fingerprint density at radius 3 is 2.33 bits per heavy atom. The minimum absolute atomic E-state index is 0.132. The number of hydrazone groups is 1. The molecular formula is C18H15BrN2O3. The Hall–Kier alpha value is -1.95. The first kappa shape index (κ1) is 14.4. The maximum atomic E-state index is 12.8. The highest BCUT2D eigenvalue weighted by Gasteiger charge is 2.73. The predicted molar refractivity (Wildman–Crippen MR) is 90.0 cm³/mol. The van der Waals surface area contributed by atoms with Gasteiger partial charge in [-0.2, -0.15) is 10.1 Å². The molecule has 4 atom stereocenters. The van der Waals surface area contributed by atoms with Gasteiger partial charge in [-0.15, -0.1) is 0 Å². The number of carbonyl (C=O) groups is 2. The van der Waals surface area contributed by atoms with Crippen LogP contribution in [0.2, 0.25) is 0 Å². The van der Waals surface area contributed by atoms with Gasteiger partial charge in [0.15, 0.2) is 0 Å². The van der Waals surface area contributed by atoms with Crippen LogP contribution >= 0.6 is 15.9 Å². The highest BCUT2D eigenvalue weighted by atomic mass is 79.9. The van der Waals surface area contributed by atoms with Crippen LogP contribution in [0.1, 0.15) is 18.4 Å². The first-order valence-electron chi connectivity index (χ1n) is 8.11. The van der Waals surface area contributed by atoms with Crippen molar-refractivity contribution in [2.45, 2.75) is 12.8 Å². The van der Waals surface area contributed by atoms with Crippen LogP contribution in [-0.2, 0) is 9.59 Å². The highest BCUT2D eigenvalue weighted by molar-refractivity contribution is 9.10. The average Bonchev–Trinajstić information content (AvgIpc) is 3.16. The Morgan fingerprint density at radius 2 is 1.79 bits per heavy atom. The fraction of sp³-hybridized carbons (Fsp3) is 0.389. The van der Waals surface area contributed by atoms with Gasteiger partial charge in [0.05, 0.1) is 22.5 Å². The fourth-order valence-electron chi connectivity index (χ4n) is 4.90. The molecule has 24 heavy (non-hydrogen) atoms. The van der Waals surface area contributed by atoms with Crippen molar-refractivity contribution in [3.63, 3.8) is 0 Å². The maximum absolute atomic E-state index is 12.8. The van der Waals surface area contributed by atoms with Crippen molar-refractivity contribution in [3.8, 4) is 5.75 Å². The number of phenolic OH excluding ortho intramolecular Hbond substituents is 1. The first-order chi connectivity index (χ1) is 11.5. The largest absolute Gasteiger partial charge is 0.507 e. The van der Waals surface area contributed by atoms with E-state index in [4.69, 9.17) is 0 Å². The third-order valence-electron chi connectivity index (χ3n) is 6.12. The lowest BCUT2D eigenvalue weighted by Gasteiger charge is -2.18. The van der Waals surface area contributed by atoms with Crippen molar-refractivity contribution in [2.75, 3.05) is 0 Å². The van der Waals surface area contributed by atoms with Gasteiger partial charge < -0.3 is 5.11 Å². The standard InChI is InChI=1S/C18H15BrN2O3/c19-12-7-9(1-4-13(12)22)8-20-21-16(23)14-10-2-3-11(15(14)17(21)24)18(10)5-6-18/h1-4,7-8,10-11,14-15,22H,5-6H2/b20-8-/t10-,11-,14-,15-/m1/s1. The Bertz CT molecular complexity index is 809. The van der Waals surface area contributed by atoms with Crippen LogP contribution in [0.25, 0.3) is 0 Å². The molecule has 0 aromatic heterocycles. The third kappa shape index (κ3) is 1.67. The van der Waals surface area contributed by atoms with Crippen LogP contribution in [0, 0.1) is 29.1 Å². The third-order valence-corrected chi connectivity index (χ3v) is 6.76. The number of rotatable bonds is 2. The molecule has 5 rings (SSSR count). The van der Waals surface area contributed by atoms with E-state index in [1.165, 1.54) is 12.3 Å². The summed E-state index contributed by atoms with van der Waals surface area (Å²) in [7, 11) is 0. The lowest BCUT2D eigenvalue weighted by atomic mass is 9.85. The predicted octanol–water partition coefficient (Wildman–Crippen LogP) is 2.69. The van der Waals surface area contributed by atoms with Crippen molar-refractivity contribution in [2.24, 2.45) is 34.2 Å². The summed E-state index contributed by atoms with van der Waals surface area (Å²) in [6.45, 7) is 0. The number of allylic oxidation sites excluding steroid dienone is 2. The van der Waals surface area contributed by atoms with Gasteiger partial charge >= 0.3 is 0 Å². The van der Waals surface area contributed by atoms with E-state index in [2.05, 4.69) is 33.2 Å². The van der Waals surface area contributed by atoms with Crippen LogP contribution in [0.5, 0.6) is 5.75 Å². The van der Waals surface area contributed by atoms with E-state index in [0.717, 1.165) is 17.9 Å². The van der Waals surface area contributed by atoms with Gasteiger partial charge in [0.1, 0.15) is 5.75 Å². The molecule has 1 aromatic rings. The molecule has 1 saturated heterocycles. The SMILES string of the molecule is O=C1[C@H]2[C@H](C(=O)N1/N=C\c1ccc(O)c(Br)c1)[C@H]1C=C[C@H]2C12CC2. The molecule has 2 amide bonds. The Balaban J connectivity index is 1.43. The van der Waals surface area contributed by atoms with E-state index in [1.54, 1.807) is 12.1 Å². The van der Waals surface area contributed by atoms with E-state index in [-0.39, 0.29) is 46.7 Å². The molecule has 5 nitrogen and oxygen atoms in total.